The van der Waals surface area contributed by atoms with Crippen LogP contribution in [0.15, 0.2) is 0 Å². The summed E-state index contributed by atoms with van der Waals surface area (Å²) >= 11 is 0. The number of carbonyl (C=O) groups is 3. The number of nitrogens with zero attached hydrogens (tertiary/aromatic N) is 1. The van der Waals surface area contributed by atoms with Crippen LogP contribution < -0.4 is 5.32 Å². The van der Waals surface area contributed by atoms with E-state index in [1.54, 1.807) is 4.90 Å². The smallest absolute Gasteiger partial charge is 0.407 e. The molecule has 0 aromatic heterocycles. The molecule has 1 saturated carbocycles. The number of amides is 2. The van der Waals surface area contributed by atoms with E-state index in [2.05, 4.69) is 33.0 Å². The summed E-state index contributed by atoms with van der Waals surface area (Å²) in [6.07, 6.45) is 4.79. The van der Waals surface area contributed by atoms with Crippen LogP contribution in [0, 0.1) is 22.7 Å². The molecule has 0 aromatic carbocycles. The second-order valence-electron chi connectivity index (χ2n) is 10.7. The first-order valence-electron chi connectivity index (χ1n) is 10.6. The minimum Gasteiger partial charge on any atom is -0.449 e. The predicted octanol–water partition coefficient (Wildman–Crippen LogP) is 3.78. The molecule has 6 nitrogen and oxygen atoms in total. The minimum atomic E-state index is -0.632. The SMILES string of the molecule is CC(C)COC(=O)NC(C(=O)N1CC(C)(C)C[C@H]1C=O)C1CCC(C)(C)CC1. The minimum absolute atomic E-state index is 0.0724. The Hall–Kier alpha value is -1.59. The molecule has 1 aliphatic carbocycles. The zero-order valence-corrected chi connectivity index (χ0v) is 18.4. The molecule has 2 rings (SSSR count). The maximum atomic E-state index is 13.4. The van der Waals surface area contributed by atoms with Crippen LogP contribution in [0.3, 0.4) is 0 Å². The molecule has 0 spiro atoms. The second kappa shape index (κ2) is 8.83. The van der Waals surface area contributed by atoms with Crippen molar-refractivity contribution in [2.24, 2.45) is 22.7 Å². The van der Waals surface area contributed by atoms with Crippen molar-refractivity contribution in [3.63, 3.8) is 0 Å². The maximum Gasteiger partial charge on any atom is 0.407 e. The molecule has 6 heteroatoms. The maximum absolute atomic E-state index is 13.4. The highest BCUT2D eigenvalue weighted by Crippen LogP contribution is 2.40. The van der Waals surface area contributed by atoms with Crippen molar-refractivity contribution in [3.05, 3.63) is 0 Å². The Labute approximate surface area is 169 Å². The Bertz CT molecular complexity index is 575. The average Bonchev–Trinajstić information content (AvgIpc) is 2.92. The quantitative estimate of drug-likeness (QED) is 0.696. The van der Waals surface area contributed by atoms with Crippen molar-refractivity contribution < 1.29 is 19.1 Å². The van der Waals surface area contributed by atoms with Gasteiger partial charge < -0.3 is 19.7 Å². The van der Waals surface area contributed by atoms with Gasteiger partial charge in [0.1, 0.15) is 12.3 Å². The number of aldehydes is 1. The van der Waals surface area contributed by atoms with Gasteiger partial charge in [0.15, 0.2) is 0 Å². The zero-order chi connectivity index (χ0) is 21.1. The number of alkyl carbamates (subject to hydrolysis) is 1. The molecule has 2 fully saturated rings. The molecular weight excluding hydrogens is 356 g/mol. The van der Waals surface area contributed by atoms with E-state index in [0.717, 1.165) is 32.0 Å². The van der Waals surface area contributed by atoms with Crippen molar-refractivity contribution in [2.45, 2.75) is 85.7 Å². The molecule has 2 atom stereocenters. The van der Waals surface area contributed by atoms with E-state index < -0.39 is 18.2 Å². The highest BCUT2D eigenvalue weighted by Gasteiger charge is 2.45. The van der Waals surface area contributed by atoms with Gasteiger partial charge in [0.25, 0.3) is 0 Å². The number of hydrogen-bond donors (Lipinski definition) is 1. The third-order valence-electron chi connectivity index (χ3n) is 6.14. The topological polar surface area (TPSA) is 75.7 Å². The lowest BCUT2D eigenvalue weighted by molar-refractivity contribution is -0.138. The highest BCUT2D eigenvalue weighted by molar-refractivity contribution is 5.88. The molecule has 0 radical (unpaired) electrons. The van der Waals surface area contributed by atoms with Crippen molar-refractivity contribution >= 4 is 18.3 Å². The fourth-order valence-electron chi connectivity index (χ4n) is 4.41. The van der Waals surface area contributed by atoms with Crippen LogP contribution in [0.5, 0.6) is 0 Å². The Kier molecular flexibility index (Phi) is 7.16. The first-order valence-corrected chi connectivity index (χ1v) is 10.6. The monoisotopic (exact) mass is 394 g/mol. The fourth-order valence-corrected chi connectivity index (χ4v) is 4.41. The molecule has 1 heterocycles. The Morgan fingerprint density at radius 1 is 1.14 bits per heavy atom. The van der Waals surface area contributed by atoms with E-state index in [1.165, 1.54) is 0 Å². The predicted molar refractivity (Wildman–Crippen MR) is 109 cm³/mol. The third-order valence-corrected chi connectivity index (χ3v) is 6.14. The summed E-state index contributed by atoms with van der Waals surface area (Å²) in [6, 6.07) is -1.05. The van der Waals surface area contributed by atoms with Crippen LogP contribution in [-0.4, -0.2) is 48.4 Å². The number of nitrogens with one attached hydrogen (secondary N) is 1. The van der Waals surface area contributed by atoms with Crippen molar-refractivity contribution in [3.8, 4) is 0 Å². The van der Waals surface area contributed by atoms with Crippen LogP contribution in [0.25, 0.3) is 0 Å². The second-order valence-corrected chi connectivity index (χ2v) is 10.7. The molecule has 1 aliphatic heterocycles. The molecule has 1 saturated heterocycles. The molecule has 2 aliphatic rings. The fraction of sp³-hybridized carbons (Fsp3) is 0.864. The third kappa shape index (κ3) is 5.95. The molecule has 28 heavy (non-hydrogen) atoms. The summed E-state index contributed by atoms with van der Waals surface area (Å²) in [5, 5.41) is 2.85. The normalized spacial score (nSPS) is 25.4. The lowest BCUT2D eigenvalue weighted by Gasteiger charge is -2.39. The summed E-state index contributed by atoms with van der Waals surface area (Å²) in [4.78, 5) is 39.0. The lowest BCUT2D eigenvalue weighted by atomic mass is 9.71. The number of hydrogen-bond acceptors (Lipinski definition) is 4. The van der Waals surface area contributed by atoms with Crippen molar-refractivity contribution in [1.29, 1.82) is 0 Å². The molecule has 160 valence electrons. The molecule has 2 amide bonds. The number of rotatable bonds is 6. The van der Waals surface area contributed by atoms with Gasteiger partial charge in [0.2, 0.25) is 5.91 Å². The Morgan fingerprint density at radius 2 is 1.75 bits per heavy atom. The van der Waals surface area contributed by atoms with E-state index in [4.69, 9.17) is 4.74 Å². The van der Waals surface area contributed by atoms with E-state index in [9.17, 15) is 14.4 Å². The molecule has 1 unspecified atom stereocenters. The molecular formula is C22H38N2O4. The standard InChI is InChI=1S/C22H38N2O4/c1-15(2)13-28-20(27)23-18(16-7-9-21(3,4)10-8-16)19(26)24-14-22(5,6)11-17(24)12-25/h12,15-18H,7-11,13-14H2,1-6H3,(H,23,27)/t17-,18?/m0/s1. The lowest BCUT2D eigenvalue weighted by Crippen LogP contribution is -2.54. The summed E-state index contributed by atoms with van der Waals surface area (Å²) in [7, 11) is 0. The van der Waals surface area contributed by atoms with Crippen molar-refractivity contribution in [2.75, 3.05) is 13.2 Å². The van der Waals surface area contributed by atoms with Gasteiger partial charge in [-0.25, -0.2) is 4.79 Å². The van der Waals surface area contributed by atoms with Crippen LogP contribution in [-0.2, 0) is 14.3 Å². The molecule has 1 N–H and O–H groups in total. The van der Waals surface area contributed by atoms with Gasteiger partial charge in [-0.2, -0.15) is 0 Å². The first kappa shape index (κ1) is 22.7. The van der Waals surface area contributed by atoms with E-state index in [1.807, 2.05) is 13.8 Å². The first-order chi connectivity index (χ1) is 12.9. The summed E-state index contributed by atoms with van der Waals surface area (Å²) in [5.74, 6) is 0.159. The van der Waals surface area contributed by atoms with Gasteiger partial charge >= 0.3 is 6.09 Å². The van der Waals surface area contributed by atoms with Gasteiger partial charge in [0, 0.05) is 6.54 Å². The summed E-state index contributed by atoms with van der Waals surface area (Å²) in [6.45, 7) is 13.4. The van der Waals surface area contributed by atoms with Crippen LogP contribution in [0.4, 0.5) is 4.79 Å². The highest BCUT2D eigenvalue weighted by atomic mass is 16.5. The van der Waals surface area contributed by atoms with Gasteiger partial charge in [-0.1, -0.05) is 41.5 Å². The van der Waals surface area contributed by atoms with E-state index in [0.29, 0.717) is 19.6 Å². The molecule has 0 bridgehead atoms. The van der Waals surface area contributed by atoms with E-state index in [-0.39, 0.29) is 28.6 Å². The van der Waals surface area contributed by atoms with Crippen molar-refractivity contribution in [1.82, 2.24) is 10.2 Å². The van der Waals surface area contributed by atoms with Gasteiger partial charge in [-0.3, -0.25) is 4.79 Å². The van der Waals surface area contributed by atoms with Gasteiger partial charge in [0.05, 0.1) is 12.6 Å². The zero-order valence-electron chi connectivity index (χ0n) is 18.4. The Balaban J connectivity index is 2.16. The van der Waals surface area contributed by atoms with E-state index >= 15 is 0 Å². The average molecular weight is 395 g/mol. The molecule has 0 aromatic rings. The van der Waals surface area contributed by atoms with Crippen LogP contribution in [0.1, 0.15) is 73.6 Å². The number of carbonyl (C=O) groups excluding carboxylic acids is 3. The van der Waals surface area contributed by atoms with Gasteiger partial charge in [-0.15, -0.1) is 0 Å². The number of likely N-dealkylation sites (tertiary alicyclic amines) is 1. The van der Waals surface area contributed by atoms with Gasteiger partial charge in [-0.05, 0) is 54.8 Å². The number of ether oxygens (including phenoxy) is 1. The van der Waals surface area contributed by atoms with Crippen LogP contribution >= 0.6 is 0 Å². The summed E-state index contributed by atoms with van der Waals surface area (Å²) in [5.41, 5.74) is 0.168. The summed E-state index contributed by atoms with van der Waals surface area (Å²) < 4.78 is 5.28. The Morgan fingerprint density at radius 3 is 2.29 bits per heavy atom. The van der Waals surface area contributed by atoms with Crippen LogP contribution in [0.2, 0.25) is 0 Å². The largest absolute Gasteiger partial charge is 0.449 e.